The smallest absolute Gasteiger partial charge is 0.229 e. The molecular weight excluding hydrogens is 431 g/mol. The lowest BCUT2D eigenvalue weighted by atomic mass is 9.94. The Hall–Kier alpha value is -3.18. The summed E-state index contributed by atoms with van der Waals surface area (Å²) >= 11 is 6.49. The average molecular weight is 453 g/mol. The minimum atomic E-state index is -1.77. The van der Waals surface area contributed by atoms with Gasteiger partial charge in [0.05, 0.1) is 16.9 Å². The maximum atomic E-state index is 14.3. The number of fused-ring (bicyclic) bond motifs is 1. The number of aromatic nitrogens is 3. The Balaban J connectivity index is 1.32. The predicted molar refractivity (Wildman–Crippen MR) is 120 cm³/mol. The second kappa shape index (κ2) is 7.75. The maximum Gasteiger partial charge on any atom is 0.229 e. The molecule has 0 spiro atoms. The molecule has 5 rings (SSSR count). The number of amides is 1. The number of carbonyl (C=O) groups excluding carboxylic acids is 1. The summed E-state index contributed by atoms with van der Waals surface area (Å²) in [6.45, 7) is 0.836. The summed E-state index contributed by atoms with van der Waals surface area (Å²) in [5, 5.41) is 18.4. The van der Waals surface area contributed by atoms with E-state index in [2.05, 4.69) is 15.4 Å². The van der Waals surface area contributed by atoms with Crippen molar-refractivity contribution in [3.63, 3.8) is 0 Å². The Morgan fingerprint density at radius 1 is 1.28 bits per heavy atom. The van der Waals surface area contributed by atoms with E-state index in [1.54, 1.807) is 16.9 Å². The van der Waals surface area contributed by atoms with Gasteiger partial charge in [0.2, 0.25) is 5.91 Å². The summed E-state index contributed by atoms with van der Waals surface area (Å²) in [5.41, 5.74) is 0.104. The number of hydrogen-bond donors (Lipinski definition) is 1. The first-order chi connectivity index (χ1) is 15.3. The van der Waals surface area contributed by atoms with Gasteiger partial charge in [0.25, 0.3) is 0 Å². The molecule has 0 unspecified atom stereocenters. The van der Waals surface area contributed by atoms with Crippen molar-refractivity contribution in [3.05, 3.63) is 47.4 Å². The fourth-order valence-corrected chi connectivity index (χ4v) is 4.67. The SMILES string of the molecule is Cn1cc([C@H]2C[C@@H]2C(=O)Nc2cc3cc(N4CCC(F)(C#N)CC4)c(Cl)cc3cn2)cn1. The summed E-state index contributed by atoms with van der Waals surface area (Å²) in [7, 11) is 1.86. The summed E-state index contributed by atoms with van der Waals surface area (Å²) in [5.74, 6) is 0.557. The third-order valence-electron chi connectivity index (χ3n) is 6.42. The molecule has 32 heavy (non-hydrogen) atoms. The van der Waals surface area contributed by atoms with Crippen molar-refractivity contribution in [1.29, 1.82) is 5.26 Å². The maximum absolute atomic E-state index is 14.3. The van der Waals surface area contributed by atoms with Crippen LogP contribution < -0.4 is 10.2 Å². The largest absolute Gasteiger partial charge is 0.370 e. The molecule has 1 N–H and O–H groups in total. The Labute approximate surface area is 189 Å². The van der Waals surface area contributed by atoms with Crippen LogP contribution in [-0.2, 0) is 11.8 Å². The quantitative estimate of drug-likeness (QED) is 0.641. The lowest BCUT2D eigenvalue weighted by Gasteiger charge is -2.34. The van der Waals surface area contributed by atoms with Crippen molar-refractivity contribution in [2.24, 2.45) is 13.0 Å². The molecule has 1 aromatic carbocycles. The van der Waals surface area contributed by atoms with Gasteiger partial charge in [0.15, 0.2) is 5.67 Å². The van der Waals surface area contributed by atoms with Gasteiger partial charge in [-0.25, -0.2) is 9.37 Å². The first-order valence-electron chi connectivity index (χ1n) is 10.6. The normalized spacial score (nSPS) is 21.9. The first-order valence-corrected chi connectivity index (χ1v) is 11.0. The summed E-state index contributed by atoms with van der Waals surface area (Å²) in [6, 6.07) is 7.36. The number of alkyl halides is 1. The van der Waals surface area contributed by atoms with Crippen LogP contribution in [0, 0.1) is 17.2 Å². The van der Waals surface area contributed by atoms with Crippen LogP contribution in [-0.4, -0.2) is 39.4 Å². The Bertz CT molecular complexity index is 1240. The molecule has 3 aromatic rings. The summed E-state index contributed by atoms with van der Waals surface area (Å²) < 4.78 is 16.0. The molecule has 164 valence electrons. The minimum Gasteiger partial charge on any atom is -0.370 e. The zero-order valence-electron chi connectivity index (χ0n) is 17.6. The van der Waals surface area contributed by atoms with Crippen LogP contribution in [0.5, 0.6) is 0 Å². The first kappa shape index (κ1) is 20.7. The zero-order chi connectivity index (χ0) is 22.5. The number of hydrogen-bond acceptors (Lipinski definition) is 5. The van der Waals surface area contributed by atoms with Crippen LogP contribution in [0.2, 0.25) is 5.02 Å². The van der Waals surface area contributed by atoms with Crippen molar-refractivity contribution >= 4 is 39.8 Å². The fraction of sp³-hybridized carbons (Fsp3) is 0.391. The number of nitrogens with zero attached hydrogens (tertiary/aromatic N) is 5. The molecule has 1 amide bonds. The van der Waals surface area contributed by atoms with Crippen LogP contribution in [0.25, 0.3) is 10.8 Å². The van der Waals surface area contributed by atoms with Crippen LogP contribution in [0.3, 0.4) is 0 Å². The van der Waals surface area contributed by atoms with E-state index in [-0.39, 0.29) is 30.6 Å². The second-order valence-corrected chi connectivity index (χ2v) is 9.08. The van der Waals surface area contributed by atoms with Crippen molar-refractivity contribution in [2.75, 3.05) is 23.3 Å². The van der Waals surface area contributed by atoms with Crippen LogP contribution in [0.15, 0.2) is 36.8 Å². The van der Waals surface area contributed by atoms with Crippen LogP contribution >= 0.6 is 11.6 Å². The molecule has 2 fully saturated rings. The highest BCUT2D eigenvalue weighted by molar-refractivity contribution is 6.34. The van der Waals surface area contributed by atoms with E-state index >= 15 is 0 Å². The molecule has 2 atom stereocenters. The summed E-state index contributed by atoms with van der Waals surface area (Å²) in [6.07, 6.45) is 6.54. The zero-order valence-corrected chi connectivity index (χ0v) is 18.3. The Morgan fingerprint density at radius 2 is 2.06 bits per heavy atom. The molecule has 3 heterocycles. The number of nitrogens with one attached hydrogen (secondary N) is 1. The van der Waals surface area contributed by atoms with Gasteiger partial charge in [-0.3, -0.25) is 9.48 Å². The number of pyridine rings is 1. The molecule has 9 heteroatoms. The van der Waals surface area contributed by atoms with Crippen molar-refractivity contribution < 1.29 is 9.18 Å². The number of piperidine rings is 1. The van der Waals surface area contributed by atoms with Crippen molar-refractivity contribution in [2.45, 2.75) is 30.8 Å². The highest BCUT2D eigenvalue weighted by Gasteiger charge is 2.44. The van der Waals surface area contributed by atoms with E-state index in [9.17, 15) is 9.18 Å². The molecular formula is C23H22ClFN6O. The van der Waals surface area contributed by atoms with E-state index in [4.69, 9.17) is 16.9 Å². The summed E-state index contributed by atoms with van der Waals surface area (Å²) in [4.78, 5) is 19.1. The highest BCUT2D eigenvalue weighted by atomic mass is 35.5. The fourth-order valence-electron chi connectivity index (χ4n) is 4.38. The molecule has 1 aliphatic carbocycles. The Morgan fingerprint density at radius 3 is 2.75 bits per heavy atom. The van der Waals surface area contributed by atoms with E-state index < -0.39 is 5.67 Å². The molecule has 0 bridgehead atoms. The van der Waals surface area contributed by atoms with Crippen LogP contribution in [0.4, 0.5) is 15.9 Å². The molecule has 7 nitrogen and oxygen atoms in total. The number of aryl methyl sites for hydroxylation is 1. The molecule has 1 saturated carbocycles. The number of carbonyl (C=O) groups is 1. The van der Waals surface area contributed by atoms with Gasteiger partial charge in [0.1, 0.15) is 11.9 Å². The van der Waals surface area contributed by atoms with Gasteiger partial charge in [-0.05, 0) is 41.5 Å². The number of anilines is 2. The lowest BCUT2D eigenvalue weighted by Crippen LogP contribution is -2.41. The molecule has 1 saturated heterocycles. The third-order valence-corrected chi connectivity index (χ3v) is 6.72. The number of rotatable bonds is 4. The second-order valence-electron chi connectivity index (χ2n) is 8.67. The van der Waals surface area contributed by atoms with Gasteiger partial charge >= 0.3 is 0 Å². The monoisotopic (exact) mass is 452 g/mol. The lowest BCUT2D eigenvalue weighted by molar-refractivity contribution is -0.117. The van der Waals surface area contributed by atoms with Gasteiger partial charge in [-0.1, -0.05) is 11.6 Å². The standard InChI is InChI=1S/C23H22ClFN6O/c1-30-12-16(11-28-30)17-9-18(17)22(32)29-21-8-14-7-20(19(24)6-15(14)10-27-21)31-4-2-23(25,13-26)3-5-31/h6-8,10-12,17-18H,2-5,9H2,1H3,(H,27,29,32)/t17-,18+/m1/s1. The molecule has 2 aromatic heterocycles. The number of benzene rings is 1. The van der Waals surface area contributed by atoms with Gasteiger partial charge in [-0.15, -0.1) is 0 Å². The minimum absolute atomic E-state index is 0.0493. The highest BCUT2D eigenvalue weighted by Crippen LogP contribution is 2.47. The van der Waals surface area contributed by atoms with E-state index in [0.717, 1.165) is 28.4 Å². The van der Waals surface area contributed by atoms with E-state index in [1.807, 2.05) is 42.5 Å². The average Bonchev–Trinajstić information content (AvgIpc) is 3.48. The molecule has 1 aliphatic heterocycles. The molecule has 0 radical (unpaired) electrons. The van der Waals surface area contributed by atoms with Crippen molar-refractivity contribution in [3.8, 4) is 6.07 Å². The van der Waals surface area contributed by atoms with Crippen molar-refractivity contribution in [1.82, 2.24) is 14.8 Å². The van der Waals surface area contributed by atoms with Crippen LogP contribution in [0.1, 0.15) is 30.7 Å². The van der Waals surface area contributed by atoms with Gasteiger partial charge in [-0.2, -0.15) is 10.4 Å². The topological polar surface area (TPSA) is 86.8 Å². The number of nitriles is 1. The van der Waals surface area contributed by atoms with Gasteiger partial charge < -0.3 is 10.2 Å². The predicted octanol–water partition coefficient (Wildman–Crippen LogP) is 4.20. The molecule has 2 aliphatic rings. The van der Waals surface area contributed by atoms with E-state index in [1.165, 1.54) is 0 Å². The van der Waals surface area contributed by atoms with Gasteiger partial charge in [0, 0.05) is 56.7 Å². The van der Waals surface area contributed by atoms with E-state index in [0.29, 0.717) is 23.9 Å². The Kier molecular flexibility index (Phi) is 5.01. The number of halogens is 2. The third kappa shape index (κ3) is 3.89.